The molecule has 0 atom stereocenters. The highest BCUT2D eigenvalue weighted by molar-refractivity contribution is 5.45. The molecule has 20 heavy (non-hydrogen) atoms. The molecule has 0 aromatic rings. The molecule has 0 heterocycles. The quantitative estimate of drug-likeness (QED) is 0.273. The Bertz CT molecular complexity index is 182. The van der Waals surface area contributed by atoms with Crippen molar-refractivity contribution in [2.75, 3.05) is 6.54 Å². The van der Waals surface area contributed by atoms with E-state index in [9.17, 15) is 4.79 Å². The predicted molar refractivity (Wildman–Crippen MR) is 89.0 cm³/mol. The van der Waals surface area contributed by atoms with Gasteiger partial charge in [0.25, 0.3) is 0 Å². The Labute approximate surface area is 127 Å². The third kappa shape index (κ3) is 17.5. The Morgan fingerprint density at radius 2 is 0.950 bits per heavy atom. The van der Waals surface area contributed by atoms with Gasteiger partial charge in [-0.25, -0.2) is 0 Å². The summed E-state index contributed by atoms with van der Waals surface area (Å²) < 4.78 is 0. The maximum atomic E-state index is 10.0. The number of carbonyl (C=O) groups is 1. The molecular formula is C18H37NO. The van der Waals surface area contributed by atoms with Gasteiger partial charge in [-0.05, 0) is 6.42 Å². The van der Waals surface area contributed by atoms with Gasteiger partial charge >= 0.3 is 0 Å². The lowest BCUT2D eigenvalue weighted by Crippen LogP contribution is -2.11. The molecule has 0 spiro atoms. The van der Waals surface area contributed by atoms with Gasteiger partial charge < -0.3 is 5.32 Å². The molecule has 0 radical (unpaired) electrons. The summed E-state index contributed by atoms with van der Waals surface area (Å²) in [6.45, 7) is 3.13. The fraction of sp³-hybridized carbons (Fsp3) is 0.944. The van der Waals surface area contributed by atoms with Gasteiger partial charge in [0.05, 0.1) is 0 Å². The lowest BCUT2D eigenvalue weighted by atomic mass is 10.0. The number of carbonyl (C=O) groups excluding carboxylic acids is 1. The van der Waals surface area contributed by atoms with E-state index in [1.165, 1.54) is 89.9 Å². The Morgan fingerprint density at radius 3 is 1.30 bits per heavy atom. The minimum absolute atomic E-state index is 0.795. The molecule has 120 valence electrons. The van der Waals surface area contributed by atoms with Crippen molar-refractivity contribution in [1.82, 2.24) is 5.32 Å². The van der Waals surface area contributed by atoms with Crippen molar-refractivity contribution in [1.29, 1.82) is 0 Å². The third-order valence-electron chi connectivity index (χ3n) is 4.01. The summed E-state index contributed by atoms with van der Waals surface area (Å²) >= 11 is 0. The fourth-order valence-electron chi connectivity index (χ4n) is 2.66. The molecule has 0 aliphatic carbocycles. The van der Waals surface area contributed by atoms with Crippen LogP contribution in [0.15, 0.2) is 0 Å². The highest BCUT2D eigenvalue weighted by Crippen LogP contribution is 2.13. The molecule has 0 unspecified atom stereocenters. The van der Waals surface area contributed by atoms with Gasteiger partial charge in [0.2, 0.25) is 6.41 Å². The topological polar surface area (TPSA) is 29.1 Å². The molecule has 0 saturated heterocycles. The van der Waals surface area contributed by atoms with E-state index in [4.69, 9.17) is 0 Å². The van der Waals surface area contributed by atoms with Gasteiger partial charge in [-0.2, -0.15) is 0 Å². The van der Waals surface area contributed by atoms with E-state index in [1.807, 2.05) is 0 Å². The molecule has 0 rings (SSSR count). The largest absolute Gasteiger partial charge is 0.359 e. The van der Waals surface area contributed by atoms with E-state index in [-0.39, 0.29) is 0 Å². The second-order valence-electron chi connectivity index (χ2n) is 6.02. The molecule has 0 aliphatic rings. The molecular weight excluding hydrogens is 246 g/mol. The highest BCUT2D eigenvalue weighted by atomic mass is 16.1. The minimum atomic E-state index is 0.795. The maximum Gasteiger partial charge on any atom is 0.207 e. The zero-order chi connectivity index (χ0) is 14.7. The van der Waals surface area contributed by atoms with Gasteiger partial charge in [0, 0.05) is 6.54 Å². The maximum absolute atomic E-state index is 10.0. The van der Waals surface area contributed by atoms with Crippen molar-refractivity contribution >= 4 is 6.41 Å². The summed E-state index contributed by atoms with van der Waals surface area (Å²) in [5.41, 5.74) is 0. The summed E-state index contributed by atoms with van der Waals surface area (Å²) in [6.07, 6.45) is 21.6. The first-order chi connectivity index (χ1) is 9.91. The van der Waals surface area contributed by atoms with E-state index in [2.05, 4.69) is 12.2 Å². The molecule has 1 amide bonds. The molecule has 2 heteroatoms. The van der Waals surface area contributed by atoms with Crippen LogP contribution >= 0.6 is 0 Å². The van der Waals surface area contributed by atoms with Crippen LogP contribution in [0.5, 0.6) is 0 Å². The molecule has 0 aliphatic heterocycles. The number of unbranched alkanes of at least 4 members (excludes halogenated alkanes) is 14. The first-order valence-electron chi connectivity index (χ1n) is 9.09. The van der Waals surface area contributed by atoms with Crippen molar-refractivity contribution < 1.29 is 4.79 Å². The SMILES string of the molecule is CCCCCCCCCCCCCCCCCNC=O. The van der Waals surface area contributed by atoms with Crippen LogP contribution in [0.2, 0.25) is 0 Å². The zero-order valence-corrected chi connectivity index (χ0v) is 13.8. The Morgan fingerprint density at radius 1 is 0.600 bits per heavy atom. The lowest BCUT2D eigenvalue weighted by Gasteiger charge is -2.03. The Hall–Kier alpha value is -0.530. The number of hydrogen-bond acceptors (Lipinski definition) is 1. The molecule has 0 fully saturated rings. The van der Waals surface area contributed by atoms with Crippen molar-refractivity contribution in [3.8, 4) is 0 Å². The van der Waals surface area contributed by atoms with Crippen LogP contribution < -0.4 is 5.32 Å². The monoisotopic (exact) mass is 283 g/mol. The van der Waals surface area contributed by atoms with Crippen LogP contribution in [0.3, 0.4) is 0 Å². The average molecular weight is 283 g/mol. The van der Waals surface area contributed by atoms with Crippen LogP contribution in [0, 0.1) is 0 Å². The van der Waals surface area contributed by atoms with Gasteiger partial charge in [-0.3, -0.25) is 4.79 Å². The predicted octanol–water partition coefficient (Wildman–Crippen LogP) is 5.60. The van der Waals surface area contributed by atoms with E-state index in [1.54, 1.807) is 0 Å². The number of rotatable bonds is 17. The standard InChI is InChI=1S/C18H37NO/c1-2-3-4-5-6-7-8-9-10-11-12-13-14-15-16-17-19-18-20/h18H,2-17H2,1H3,(H,19,20). The van der Waals surface area contributed by atoms with Crippen LogP contribution in [0.1, 0.15) is 103 Å². The first kappa shape index (κ1) is 19.5. The van der Waals surface area contributed by atoms with E-state index < -0.39 is 0 Å². The molecule has 1 N–H and O–H groups in total. The average Bonchev–Trinajstić information content (AvgIpc) is 2.47. The normalized spacial score (nSPS) is 10.7. The number of nitrogens with one attached hydrogen (secondary N) is 1. The summed E-state index contributed by atoms with van der Waals surface area (Å²) in [5.74, 6) is 0. The van der Waals surface area contributed by atoms with Crippen molar-refractivity contribution in [3.63, 3.8) is 0 Å². The minimum Gasteiger partial charge on any atom is -0.359 e. The van der Waals surface area contributed by atoms with E-state index in [0.717, 1.165) is 19.4 Å². The van der Waals surface area contributed by atoms with Crippen LogP contribution in [0.4, 0.5) is 0 Å². The number of hydrogen-bond donors (Lipinski definition) is 1. The first-order valence-corrected chi connectivity index (χ1v) is 9.09. The molecule has 2 nitrogen and oxygen atoms in total. The van der Waals surface area contributed by atoms with Gasteiger partial charge in [-0.1, -0.05) is 96.8 Å². The van der Waals surface area contributed by atoms with Crippen molar-refractivity contribution in [3.05, 3.63) is 0 Å². The van der Waals surface area contributed by atoms with Crippen LogP contribution in [-0.4, -0.2) is 13.0 Å². The van der Waals surface area contributed by atoms with E-state index in [0.29, 0.717) is 0 Å². The number of amides is 1. The second kappa shape index (κ2) is 18.5. The molecule has 0 saturated carbocycles. The van der Waals surface area contributed by atoms with Crippen molar-refractivity contribution in [2.24, 2.45) is 0 Å². The van der Waals surface area contributed by atoms with Gasteiger partial charge in [0.15, 0.2) is 0 Å². The fourth-order valence-corrected chi connectivity index (χ4v) is 2.66. The second-order valence-corrected chi connectivity index (χ2v) is 6.02. The summed E-state index contributed by atoms with van der Waals surface area (Å²) in [4.78, 5) is 10.0. The summed E-state index contributed by atoms with van der Waals surface area (Å²) in [6, 6.07) is 0. The zero-order valence-electron chi connectivity index (χ0n) is 13.8. The summed E-state index contributed by atoms with van der Waals surface area (Å²) in [5, 5.41) is 2.71. The Kier molecular flexibility index (Phi) is 18.0. The Balaban J connectivity index is 2.90. The van der Waals surface area contributed by atoms with Crippen LogP contribution in [0.25, 0.3) is 0 Å². The lowest BCUT2D eigenvalue weighted by molar-refractivity contribution is -0.109. The van der Waals surface area contributed by atoms with Crippen LogP contribution in [-0.2, 0) is 4.79 Å². The third-order valence-corrected chi connectivity index (χ3v) is 4.01. The molecule has 0 aromatic heterocycles. The highest BCUT2D eigenvalue weighted by Gasteiger charge is 1.94. The van der Waals surface area contributed by atoms with Gasteiger partial charge in [0.1, 0.15) is 0 Å². The molecule has 0 bridgehead atoms. The van der Waals surface area contributed by atoms with E-state index >= 15 is 0 Å². The van der Waals surface area contributed by atoms with Gasteiger partial charge in [-0.15, -0.1) is 0 Å². The van der Waals surface area contributed by atoms with Crippen molar-refractivity contribution in [2.45, 2.75) is 103 Å². The summed E-state index contributed by atoms with van der Waals surface area (Å²) in [7, 11) is 0. The smallest absolute Gasteiger partial charge is 0.207 e. The molecule has 0 aromatic carbocycles.